The largest absolute Gasteiger partial charge is 0.497 e. The molecule has 1 amide bonds. The van der Waals surface area contributed by atoms with Crippen molar-refractivity contribution in [1.29, 1.82) is 0 Å². The molecule has 0 bridgehead atoms. The van der Waals surface area contributed by atoms with Gasteiger partial charge in [-0.1, -0.05) is 19.4 Å². The maximum atomic E-state index is 11.7. The number of nitrogens with zero attached hydrogens (tertiary/aromatic N) is 1. The molecule has 0 fully saturated rings. The normalized spacial score (nSPS) is 9.94. The highest BCUT2D eigenvalue weighted by atomic mass is 16.5. The SMILES string of the molecule is CCCCN(C)C(=O)COc1cccc(OC)c1. The van der Waals surface area contributed by atoms with Crippen LogP contribution in [0, 0.1) is 0 Å². The molecule has 4 heteroatoms. The Morgan fingerprint density at radius 1 is 1.33 bits per heavy atom. The van der Waals surface area contributed by atoms with E-state index in [0.29, 0.717) is 5.75 Å². The molecule has 0 saturated heterocycles. The van der Waals surface area contributed by atoms with Gasteiger partial charge in [0.2, 0.25) is 0 Å². The van der Waals surface area contributed by atoms with Crippen molar-refractivity contribution in [2.45, 2.75) is 19.8 Å². The smallest absolute Gasteiger partial charge is 0.260 e. The first kappa shape index (κ1) is 14.4. The number of hydrogen-bond donors (Lipinski definition) is 0. The summed E-state index contributed by atoms with van der Waals surface area (Å²) in [6.45, 7) is 2.94. The highest BCUT2D eigenvalue weighted by Crippen LogP contribution is 2.18. The summed E-state index contributed by atoms with van der Waals surface area (Å²) in [5, 5.41) is 0. The molecule has 18 heavy (non-hydrogen) atoms. The molecule has 0 spiro atoms. The lowest BCUT2D eigenvalue weighted by Crippen LogP contribution is -2.32. The lowest BCUT2D eigenvalue weighted by atomic mass is 10.3. The third-order valence-corrected chi connectivity index (χ3v) is 2.68. The van der Waals surface area contributed by atoms with Crippen molar-refractivity contribution < 1.29 is 14.3 Å². The molecule has 1 aromatic carbocycles. The summed E-state index contributed by atoms with van der Waals surface area (Å²) in [5.41, 5.74) is 0. The topological polar surface area (TPSA) is 38.8 Å². The van der Waals surface area contributed by atoms with Crippen LogP contribution < -0.4 is 9.47 Å². The quantitative estimate of drug-likeness (QED) is 0.746. The van der Waals surface area contributed by atoms with Gasteiger partial charge in [0.1, 0.15) is 11.5 Å². The molecule has 100 valence electrons. The second-order valence-corrected chi connectivity index (χ2v) is 4.14. The highest BCUT2D eigenvalue weighted by Gasteiger charge is 2.08. The number of unbranched alkanes of at least 4 members (excludes halogenated alkanes) is 1. The Hall–Kier alpha value is -1.71. The van der Waals surface area contributed by atoms with Gasteiger partial charge in [-0.3, -0.25) is 4.79 Å². The van der Waals surface area contributed by atoms with Gasteiger partial charge >= 0.3 is 0 Å². The van der Waals surface area contributed by atoms with E-state index in [2.05, 4.69) is 6.92 Å². The molecule has 0 aliphatic rings. The Balaban J connectivity index is 2.41. The number of likely N-dealkylation sites (N-methyl/N-ethyl adjacent to an activating group) is 1. The molecule has 0 N–H and O–H groups in total. The first-order valence-electron chi connectivity index (χ1n) is 6.18. The van der Waals surface area contributed by atoms with E-state index in [1.54, 1.807) is 25.1 Å². The monoisotopic (exact) mass is 251 g/mol. The van der Waals surface area contributed by atoms with Gasteiger partial charge in [0.05, 0.1) is 7.11 Å². The number of rotatable bonds is 7. The number of hydrogen-bond acceptors (Lipinski definition) is 3. The van der Waals surface area contributed by atoms with E-state index >= 15 is 0 Å². The number of carbonyl (C=O) groups excluding carboxylic acids is 1. The van der Waals surface area contributed by atoms with Crippen molar-refractivity contribution in [3.8, 4) is 11.5 Å². The first-order valence-corrected chi connectivity index (χ1v) is 6.18. The predicted molar refractivity (Wildman–Crippen MR) is 71.0 cm³/mol. The van der Waals surface area contributed by atoms with Crippen LogP contribution in [0.3, 0.4) is 0 Å². The van der Waals surface area contributed by atoms with Gasteiger partial charge in [-0.05, 0) is 18.6 Å². The number of benzene rings is 1. The highest BCUT2D eigenvalue weighted by molar-refractivity contribution is 5.77. The van der Waals surface area contributed by atoms with E-state index in [4.69, 9.17) is 9.47 Å². The van der Waals surface area contributed by atoms with E-state index in [1.807, 2.05) is 18.2 Å². The summed E-state index contributed by atoms with van der Waals surface area (Å²) in [7, 11) is 3.40. The van der Waals surface area contributed by atoms with Crippen molar-refractivity contribution in [2.24, 2.45) is 0 Å². The third kappa shape index (κ3) is 4.65. The third-order valence-electron chi connectivity index (χ3n) is 2.68. The van der Waals surface area contributed by atoms with Gasteiger partial charge in [-0.2, -0.15) is 0 Å². The molecule has 1 aromatic rings. The van der Waals surface area contributed by atoms with Gasteiger partial charge in [-0.15, -0.1) is 0 Å². The summed E-state index contributed by atoms with van der Waals surface area (Å²) in [6, 6.07) is 7.24. The van der Waals surface area contributed by atoms with Crippen molar-refractivity contribution in [1.82, 2.24) is 4.90 Å². The Bertz CT molecular complexity index is 379. The van der Waals surface area contributed by atoms with Crippen LogP contribution in [0.25, 0.3) is 0 Å². The van der Waals surface area contributed by atoms with E-state index in [1.165, 1.54) is 0 Å². The molecule has 0 aromatic heterocycles. The van der Waals surface area contributed by atoms with Crippen LogP contribution in [0.2, 0.25) is 0 Å². The van der Waals surface area contributed by atoms with Crippen molar-refractivity contribution in [3.05, 3.63) is 24.3 Å². The summed E-state index contributed by atoms with van der Waals surface area (Å²) < 4.78 is 10.5. The molecule has 0 aliphatic heterocycles. The zero-order valence-corrected chi connectivity index (χ0v) is 11.3. The fraction of sp³-hybridized carbons (Fsp3) is 0.500. The minimum absolute atomic E-state index is 0.00808. The molecule has 4 nitrogen and oxygen atoms in total. The molecular weight excluding hydrogens is 230 g/mol. The maximum absolute atomic E-state index is 11.7. The molecule has 0 radical (unpaired) electrons. The Morgan fingerprint density at radius 2 is 2.06 bits per heavy atom. The first-order chi connectivity index (χ1) is 8.67. The predicted octanol–water partition coefficient (Wildman–Crippen LogP) is 2.33. The fourth-order valence-electron chi connectivity index (χ4n) is 1.47. The van der Waals surface area contributed by atoms with Crippen LogP contribution in [0.4, 0.5) is 0 Å². The van der Waals surface area contributed by atoms with Crippen LogP contribution in [-0.2, 0) is 4.79 Å². The summed E-state index contributed by atoms with van der Waals surface area (Å²) in [5.74, 6) is 1.36. The molecule has 0 aliphatic carbocycles. The summed E-state index contributed by atoms with van der Waals surface area (Å²) in [6.07, 6.45) is 2.09. The molecule has 0 atom stereocenters. The average molecular weight is 251 g/mol. The second kappa shape index (κ2) is 7.58. The number of carbonyl (C=O) groups is 1. The molecule has 1 rings (SSSR count). The number of methoxy groups -OCH3 is 1. The van der Waals surface area contributed by atoms with E-state index in [0.717, 1.165) is 25.1 Å². The summed E-state index contributed by atoms with van der Waals surface area (Å²) in [4.78, 5) is 13.4. The molecular formula is C14H21NO3. The van der Waals surface area contributed by atoms with E-state index in [9.17, 15) is 4.79 Å². The van der Waals surface area contributed by atoms with Crippen LogP contribution in [-0.4, -0.2) is 38.1 Å². The van der Waals surface area contributed by atoms with Crippen LogP contribution in [0.15, 0.2) is 24.3 Å². The molecule has 0 saturated carbocycles. The lowest BCUT2D eigenvalue weighted by Gasteiger charge is -2.17. The molecule has 0 unspecified atom stereocenters. The van der Waals surface area contributed by atoms with Gasteiger partial charge in [0.25, 0.3) is 5.91 Å². The standard InChI is InChI=1S/C14H21NO3/c1-4-5-9-15(2)14(16)11-18-13-8-6-7-12(10-13)17-3/h6-8,10H,4-5,9,11H2,1-3H3. The van der Waals surface area contributed by atoms with Gasteiger partial charge in [-0.25, -0.2) is 0 Å². The Labute approximate surface area is 108 Å². The van der Waals surface area contributed by atoms with E-state index < -0.39 is 0 Å². The molecule has 0 heterocycles. The van der Waals surface area contributed by atoms with Gasteiger partial charge in [0, 0.05) is 19.7 Å². The number of ether oxygens (including phenoxy) is 2. The Morgan fingerprint density at radius 3 is 2.72 bits per heavy atom. The minimum atomic E-state index is -0.00808. The summed E-state index contributed by atoms with van der Waals surface area (Å²) >= 11 is 0. The number of amides is 1. The van der Waals surface area contributed by atoms with Crippen LogP contribution in [0.1, 0.15) is 19.8 Å². The van der Waals surface area contributed by atoms with Crippen molar-refractivity contribution >= 4 is 5.91 Å². The lowest BCUT2D eigenvalue weighted by molar-refractivity contribution is -0.132. The second-order valence-electron chi connectivity index (χ2n) is 4.14. The van der Waals surface area contributed by atoms with Gasteiger partial charge < -0.3 is 14.4 Å². The zero-order chi connectivity index (χ0) is 13.4. The average Bonchev–Trinajstić information content (AvgIpc) is 2.42. The maximum Gasteiger partial charge on any atom is 0.260 e. The van der Waals surface area contributed by atoms with E-state index in [-0.39, 0.29) is 12.5 Å². The van der Waals surface area contributed by atoms with Crippen LogP contribution in [0.5, 0.6) is 11.5 Å². The Kier molecular flexibility index (Phi) is 6.05. The minimum Gasteiger partial charge on any atom is -0.497 e. The van der Waals surface area contributed by atoms with Crippen molar-refractivity contribution in [2.75, 3.05) is 27.3 Å². The van der Waals surface area contributed by atoms with Gasteiger partial charge in [0.15, 0.2) is 6.61 Å². The zero-order valence-electron chi connectivity index (χ0n) is 11.3. The fourth-order valence-corrected chi connectivity index (χ4v) is 1.47. The van der Waals surface area contributed by atoms with Crippen molar-refractivity contribution in [3.63, 3.8) is 0 Å². The van der Waals surface area contributed by atoms with Crippen LogP contribution >= 0.6 is 0 Å².